The SMILES string of the molecule is C(=COc1ccccc1)COc1ccccc1. The maximum Gasteiger partial charge on any atom is 0.126 e. The van der Waals surface area contributed by atoms with Crippen LogP contribution < -0.4 is 9.47 Å². The minimum atomic E-state index is 0.497. The summed E-state index contributed by atoms with van der Waals surface area (Å²) in [7, 11) is 0. The summed E-state index contributed by atoms with van der Waals surface area (Å²) in [5.74, 6) is 1.68. The quantitative estimate of drug-likeness (QED) is 0.724. The number of ether oxygens (including phenoxy) is 2. The van der Waals surface area contributed by atoms with E-state index in [0.29, 0.717) is 6.61 Å². The number of hydrogen-bond acceptors (Lipinski definition) is 2. The number of rotatable bonds is 5. The summed E-state index contributed by atoms with van der Waals surface area (Å²) in [6, 6.07) is 19.3. The molecule has 0 bridgehead atoms. The summed E-state index contributed by atoms with van der Waals surface area (Å²) < 4.78 is 10.9. The van der Waals surface area contributed by atoms with Crippen molar-refractivity contribution in [1.29, 1.82) is 0 Å². The third-order valence-electron chi connectivity index (χ3n) is 2.13. The highest BCUT2D eigenvalue weighted by Crippen LogP contribution is 2.09. The van der Waals surface area contributed by atoms with Crippen LogP contribution in [0.25, 0.3) is 0 Å². The van der Waals surface area contributed by atoms with Crippen molar-refractivity contribution in [2.45, 2.75) is 0 Å². The highest BCUT2D eigenvalue weighted by Gasteiger charge is 1.88. The first-order valence-corrected chi connectivity index (χ1v) is 5.50. The third kappa shape index (κ3) is 4.03. The maximum atomic E-state index is 5.48. The van der Waals surface area contributed by atoms with Crippen LogP contribution in [0.2, 0.25) is 0 Å². The molecule has 0 aliphatic carbocycles. The van der Waals surface area contributed by atoms with Crippen molar-refractivity contribution in [3.8, 4) is 11.5 Å². The standard InChI is InChI=1S/C15H14O2/c1-3-8-14(9-4-1)16-12-7-13-17-15-10-5-2-6-11-15/h1-12H,13H2. The van der Waals surface area contributed by atoms with Crippen LogP contribution in [-0.4, -0.2) is 6.61 Å². The van der Waals surface area contributed by atoms with Crippen molar-refractivity contribution < 1.29 is 9.47 Å². The van der Waals surface area contributed by atoms with Gasteiger partial charge in [0.2, 0.25) is 0 Å². The Labute approximate surface area is 101 Å². The molecule has 0 N–H and O–H groups in total. The second-order valence-corrected chi connectivity index (χ2v) is 3.43. The molecule has 0 saturated carbocycles. The molecule has 0 radical (unpaired) electrons. The van der Waals surface area contributed by atoms with Crippen molar-refractivity contribution in [3.63, 3.8) is 0 Å². The van der Waals surface area contributed by atoms with E-state index in [0.717, 1.165) is 11.5 Å². The molecule has 0 spiro atoms. The van der Waals surface area contributed by atoms with E-state index in [1.807, 2.05) is 66.7 Å². The zero-order valence-electron chi connectivity index (χ0n) is 9.45. The fourth-order valence-electron chi connectivity index (χ4n) is 1.33. The van der Waals surface area contributed by atoms with Crippen LogP contribution in [-0.2, 0) is 0 Å². The van der Waals surface area contributed by atoms with Crippen molar-refractivity contribution in [2.75, 3.05) is 6.61 Å². The van der Waals surface area contributed by atoms with Crippen molar-refractivity contribution in [3.05, 3.63) is 73.0 Å². The van der Waals surface area contributed by atoms with E-state index in [4.69, 9.17) is 9.47 Å². The Bertz CT molecular complexity index is 449. The van der Waals surface area contributed by atoms with Gasteiger partial charge in [-0.2, -0.15) is 0 Å². The Morgan fingerprint density at radius 2 is 1.35 bits per heavy atom. The third-order valence-corrected chi connectivity index (χ3v) is 2.13. The van der Waals surface area contributed by atoms with Crippen LogP contribution in [0.5, 0.6) is 11.5 Å². The molecule has 17 heavy (non-hydrogen) atoms. The number of para-hydroxylation sites is 2. The average Bonchev–Trinajstić information content (AvgIpc) is 2.41. The lowest BCUT2D eigenvalue weighted by atomic mass is 10.3. The van der Waals surface area contributed by atoms with Gasteiger partial charge in [-0.05, 0) is 30.3 Å². The summed E-state index contributed by atoms with van der Waals surface area (Å²) in [5, 5.41) is 0. The molecule has 2 nitrogen and oxygen atoms in total. The van der Waals surface area contributed by atoms with Crippen LogP contribution in [0.1, 0.15) is 0 Å². The van der Waals surface area contributed by atoms with Gasteiger partial charge in [0.25, 0.3) is 0 Å². The molecule has 0 atom stereocenters. The van der Waals surface area contributed by atoms with E-state index in [1.165, 1.54) is 0 Å². The van der Waals surface area contributed by atoms with Crippen LogP contribution in [0, 0.1) is 0 Å². The van der Waals surface area contributed by atoms with E-state index in [2.05, 4.69) is 0 Å². The lowest BCUT2D eigenvalue weighted by molar-refractivity contribution is 0.357. The van der Waals surface area contributed by atoms with E-state index in [-0.39, 0.29) is 0 Å². The van der Waals surface area contributed by atoms with Gasteiger partial charge in [-0.3, -0.25) is 0 Å². The van der Waals surface area contributed by atoms with Gasteiger partial charge in [0.05, 0.1) is 6.26 Å². The molecular formula is C15H14O2. The van der Waals surface area contributed by atoms with E-state index in [9.17, 15) is 0 Å². The van der Waals surface area contributed by atoms with Gasteiger partial charge in [0, 0.05) is 0 Å². The molecule has 0 amide bonds. The van der Waals surface area contributed by atoms with Gasteiger partial charge in [0.15, 0.2) is 0 Å². The first-order chi connectivity index (χ1) is 8.45. The van der Waals surface area contributed by atoms with Gasteiger partial charge in [-0.25, -0.2) is 0 Å². The molecule has 0 aromatic heterocycles. The highest BCUT2D eigenvalue weighted by molar-refractivity contribution is 5.22. The predicted molar refractivity (Wildman–Crippen MR) is 68.1 cm³/mol. The van der Waals surface area contributed by atoms with Crippen molar-refractivity contribution in [2.24, 2.45) is 0 Å². The van der Waals surface area contributed by atoms with E-state index < -0.39 is 0 Å². The van der Waals surface area contributed by atoms with E-state index in [1.54, 1.807) is 6.26 Å². The fourth-order valence-corrected chi connectivity index (χ4v) is 1.33. The van der Waals surface area contributed by atoms with Crippen LogP contribution in [0.15, 0.2) is 73.0 Å². The van der Waals surface area contributed by atoms with Crippen LogP contribution >= 0.6 is 0 Å². The van der Waals surface area contributed by atoms with Crippen molar-refractivity contribution in [1.82, 2.24) is 0 Å². The summed E-state index contributed by atoms with van der Waals surface area (Å²) in [5.41, 5.74) is 0. The first kappa shape index (κ1) is 11.3. The van der Waals surface area contributed by atoms with Crippen LogP contribution in [0.3, 0.4) is 0 Å². The largest absolute Gasteiger partial charge is 0.489 e. The molecule has 2 aromatic rings. The fraction of sp³-hybridized carbons (Fsp3) is 0.0667. The summed E-state index contributed by atoms with van der Waals surface area (Å²) >= 11 is 0. The molecule has 0 saturated heterocycles. The predicted octanol–water partition coefficient (Wildman–Crippen LogP) is 3.66. The molecular weight excluding hydrogens is 212 g/mol. The zero-order chi connectivity index (χ0) is 11.8. The van der Waals surface area contributed by atoms with E-state index >= 15 is 0 Å². The van der Waals surface area contributed by atoms with Gasteiger partial charge >= 0.3 is 0 Å². The Kier molecular flexibility index (Phi) is 4.23. The lowest BCUT2D eigenvalue weighted by Gasteiger charge is -2.02. The Hall–Kier alpha value is -2.22. The average molecular weight is 226 g/mol. The topological polar surface area (TPSA) is 18.5 Å². The maximum absolute atomic E-state index is 5.48. The summed E-state index contributed by atoms with van der Waals surface area (Å²) in [6.45, 7) is 0.497. The first-order valence-electron chi connectivity index (χ1n) is 5.50. The number of benzene rings is 2. The molecule has 2 rings (SSSR count). The van der Waals surface area contributed by atoms with Gasteiger partial charge < -0.3 is 9.47 Å². The normalized spacial score (nSPS) is 10.4. The highest BCUT2D eigenvalue weighted by atomic mass is 16.5. The molecule has 2 aromatic carbocycles. The minimum Gasteiger partial charge on any atom is -0.489 e. The second kappa shape index (κ2) is 6.38. The Balaban J connectivity index is 1.72. The van der Waals surface area contributed by atoms with Crippen molar-refractivity contribution >= 4 is 0 Å². The number of hydrogen-bond donors (Lipinski definition) is 0. The van der Waals surface area contributed by atoms with Crippen LogP contribution in [0.4, 0.5) is 0 Å². The molecule has 0 aliphatic rings. The molecule has 0 heterocycles. The smallest absolute Gasteiger partial charge is 0.126 e. The van der Waals surface area contributed by atoms with Gasteiger partial charge in [-0.15, -0.1) is 0 Å². The molecule has 0 unspecified atom stereocenters. The summed E-state index contributed by atoms with van der Waals surface area (Å²) in [4.78, 5) is 0. The molecule has 0 aliphatic heterocycles. The molecule has 0 fully saturated rings. The summed E-state index contributed by atoms with van der Waals surface area (Å²) in [6.07, 6.45) is 3.47. The zero-order valence-corrected chi connectivity index (χ0v) is 9.45. The molecule has 86 valence electrons. The Morgan fingerprint density at radius 3 is 2.00 bits per heavy atom. The Morgan fingerprint density at radius 1 is 0.765 bits per heavy atom. The molecule has 2 heteroatoms. The minimum absolute atomic E-state index is 0.497. The van der Waals surface area contributed by atoms with Gasteiger partial charge in [-0.1, -0.05) is 36.4 Å². The second-order valence-electron chi connectivity index (χ2n) is 3.43. The monoisotopic (exact) mass is 226 g/mol. The lowest BCUT2D eigenvalue weighted by Crippen LogP contribution is -1.93. The van der Waals surface area contributed by atoms with Gasteiger partial charge in [0.1, 0.15) is 18.1 Å².